The monoisotopic (exact) mass is 274 g/mol. The normalized spacial score (nSPS) is 18.4. The number of hydrogen-bond acceptors (Lipinski definition) is 6. The zero-order chi connectivity index (χ0) is 14.7. The Morgan fingerprint density at radius 2 is 2.40 bits per heavy atom. The number of Topliss-reactive ketones (excluding diaryl/α,β-unsaturated/α-hetero) is 1. The predicted octanol–water partition coefficient (Wildman–Crippen LogP) is 1.67. The Kier molecular flexibility index (Phi) is 3.94. The molecule has 1 unspecified atom stereocenters. The van der Waals surface area contributed by atoms with Crippen molar-refractivity contribution in [2.45, 2.75) is 19.8 Å². The second-order valence-corrected chi connectivity index (χ2v) is 4.83. The summed E-state index contributed by atoms with van der Waals surface area (Å²) in [7, 11) is 0. The van der Waals surface area contributed by atoms with Gasteiger partial charge in [0.1, 0.15) is 11.9 Å². The van der Waals surface area contributed by atoms with E-state index >= 15 is 0 Å². The van der Waals surface area contributed by atoms with E-state index in [1.165, 1.54) is 19.2 Å². The molecule has 0 bridgehead atoms. The van der Waals surface area contributed by atoms with Crippen LogP contribution < -0.4 is 4.90 Å². The lowest BCUT2D eigenvalue weighted by atomic mass is 9.94. The summed E-state index contributed by atoms with van der Waals surface area (Å²) in [4.78, 5) is 27.8. The van der Waals surface area contributed by atoms with Crippen LogP contribution >= 0.6 is 0 Å². The number of anilines is 1. The first-order valence-corrected chi connectivity index (χ1v) is 6.33. The Balaban J connectivity index is 2.34. The Morgan fingerprint density at radius 3 is 3.00 bits per heavy atom. The largest absolute Gasteiger partial charge is 0.350 e. The standard InChI is InChI=1S/C13H14N4O3/c1-9(18)11-3-2-4-16(8-11)13-12(17(19)20)5-10(6-14)7-15-13/h5,7,11H,2-4,8H2,1H3. The molecule has 1 saturated heterocycles. The van der Waals surface area contributed by atoms with Gasteiger partial charge in [0.05, 0.1) is 10.5 Å². The highest BCUT2D eigenvalue weighted by Crippen LogP contribution is 2.30. The molecule has 0 radical (unpaired) electrons. The number of aromatic nitrogens is 1. The molecule has 1 fully saturated rings. The molecular weight excluding hydrogens is 260 g/mol. The maximum Gasteiger partial charge on any atom is 0.312 e. The van der Waals surface area contributed by atoms with Crippen molar-refractivity contribution in [2.75, 3.05) is 18.0 Å². The number of piperidine rings is 1. The molecule has 0 saturated carbocycles. The number of hydrogen-bond donors (Lipinski definition) is 0. The van der Waals surface area contributed by atoms with E-state index in [0.29, 0.717) is 13.1 Å². The number of carbonyl (C=O) groups excluding carboxylic acids is 1. The van der Waals surface area contributed by atoms with Gasteiger partial charge in [-0.15, -0.1) is 0 Å². The number of rotatable bonds is 3. The first-order chi connectivity index (χ1) is 9.52. The van der Waals surface area contributed by atoms with Crippen molar-refractivity contribution in [1.82, 2.24) is 4.98 Å². The van der Waals surface area contributed by atoms with Crippen molar-refractivity contribution >= 4 is 17.3 Å². The van der Waals surface area contributed by atoms with Crippen molar-refractivity contribution in [3.63, 3.8) is 0 Å². The lowest BCUT2D eigenvalue weighted by Crippen LogP contribution is -2.38. The first-order valence-electron chi connectivity index (χ1n) is 6.33. The summed E-state index contributed by atoms with van der Waals surface area (Å²) in [6, 6.07) is 3.06. The van der Waals surface area contributed by atoms with Gasteiger partial charge in [0.2, 0.25) is 5.82 Å². The Hall–Kier alpha value is -2.49. The average Bonchev–Trinajstić information content (AvgIpc) is 2.46. The van der Waals surface area contributed by atoms with E-state index in [-0.39, 0.29) is 28.8 Å². The van der Waals surface area contributed by atoms with Gasteiger partial charge < -0.3 is 4.90 Å². The second kappa shape index (κ2) is 5.65. The maximum absolute atomic E-state index is 11.5. The molecule has 0 spiro atoms. The van der Waals surface area contributed by atoms with Crippen LogP contribution in [0.25, 0.3) is 0 Å². The van der Waals surface area contributed by atoms with Gasteiger partial charge in [-0.25, -0.2) is 4.98 Å². The van der Waals surface area contributed by atoms with Gasteiger partial charge in [-0.2, -0.15) is 5.26 Å². The minimum absolute atomic E-state index is 0.0889. The van der Waals surface area contributed by atoms with Gasteiger partial charge >= 0.3 is 5.69 Å². The Bertz CT molecular complexity index is 594. The minimum atomic E-state index is -0.541. The highest BCUT2D eigenvalue weighted by atomic mass is 16.6. The predicted molar refractivity (Wildman–Crippen MR) is 71.2 cm³/mol. The van der Waals surface area contributed by atoms with E-state index in [9.17, 15) is 14.9 Å². The summed E-state index contributed by atoms with van der Waals surface area (Å²) in [5.41, 5.74) is -0.0335. The molecule has 2 rings (SSSR count). The smallest absolute Gasteiger partial charge is 0.312 e. The third-order valence-electron chi connectivity index (χ3n) is 3.47. The number of nitrogens with zero attached hydrogens (tertiary/aromatic N) is 4. The Morgan fingerprint density at radius 1 is 1.65 bits per heavy atom. The molecule has 20 heavy (non-hydrogen) atoms. The summed E-state index contributed by atoms with van der Waals surface area (Å²) in [5.74, 6) is 0.215. The van der Waals surface area contributed by atoms with Crippen LogP contribution in [-0.4, -0.2) is 28.8 Å². The SMILES string of the molecule is CC(=O)C1CCCN(c2ncc(C#N)cc2[N+](=O)[O-])C1. The van der Waals surface area contributed by atoms with E-state index in [1.807, 2.05) is 6.07 Å². The van der Waals surface area contributed by atoms with Crippen molar-refractivity contribution in [3.05, 3.63) is 27.9 Å². The minimum Gasteiger partial charge on any atom is -0.350 e. The van der Waals surface area contributed by atoms with Crippen LogP contribution in [0.5, 0.6) is 0 Å². The fraction of sp³-hybridized carbons (Fsp3) is 0.462. The topological polar surface area (TPSA) is 100 Å². The number of ketones is 1. The van der Waals surface area contributed by atoms with Crippen molar-refractivity contribution in [2.24, 2.45) is 5.92 Å². The molecule has 7 nitrogen and oxygen atoms in total. The summed E-state index contributed by atoms with van der Waals surface area (Å²) in [6.45, 7) is 2.60. The van der Waals surface area contributed by atoms with Gasteiger partial charge in [0, 0.05) is 31.3 Å². The van der Waals surface area contributed by atoms with Gasteiger partial charge in [-0.05, 0) is 19.8 Å². The van der Waals surface area contributed by atoms with Crippen LogP contribution in [0.3, 0.4) is 0 Å². The second-order valence-electron chi connectivity index (χ2n) is 4.83. The Labute approximate surface area is 116 Å². The summed E-state index contributed by atoms with van der Waals surface area (Å²) in [6.07, 6.45) is 2.92. The number of carbonyl (C=O) groups is 1. The number of nitriles is 1. The van der Waals surface area contributed by atoms with Crippen LogP contribution in [0.15, 0.2) is 12.3 Å². The zero-order valence-electron chi connectivity index (χ0n) is 11.1. The molecule has 7 heteroatoms. The lowest BCUT2D eigenvalue weighted by Gasteiger charge is -2.31. The molecule has 2 heterocycles. The molecule has 1 aliphatic rings. The van der Waals surface area contributed by atoms with E-state index < -0.39 is 4.92 Å². The zero-order valence-corrected chi connectivity index (χ0v) is 11.1. The molecule has 0 aromatic carbocycles. The van der Waals surface area contributed by atoms with E-state index in [1.54, 1.807) is 4.90 Å². The van der Waals surface area contributed by atoms with Crippen molar-refractivity contribution in [1.29, 1.82) is 5.26 Å². The summed E-state index contributed by atoms with van der Waals surface area (Å²) < 4.78 is 0. The van der Waals surface area contributed by atoms with Crippen LogP contribution in [0.1, 0.15) is 25.3 Å². The fourth-order valence-electron chi connectivity index (χ4n) is 2.39. The van der Waals surface area contributed by atoms with Gasteiger partial charge in [-0.1, -0.05) is 0 Å². The molecule has 0 aliphatic carbocycles. The van der Waals surface area contributed by atoms with E-state index in [2.05, 4.69) is 4.98 Å². The van der Waals surface area contributed by atoms with Crippen LogP contribution in [0, 0.1) is 27.4 Å². The third-order valence-corrected chi connectivity index (χ3v) is 3.47. The van der Waals surface area contributed by atoms with Gasteiger partial charge in [0.15, 0.2) is 0 Å². The fourth-order valence-corrected chi connectivity index (χ4v) is 2.39. The van der Waals surface area contributed by atoms with Crippen LogP contribution in [-0.2, 0) is 4.79 Å². The first kappa shape index (κ1) is 13.9. The number of nitro groups is 1. The third kappa shape index (κ3) is 2.74. The van der Waals surface area contributed by atoms with E-state index in [0.717, 1.165) is 12.8 Å². The molecule has 0 N–H and O–H groups in total. The number of pyridine rings is 1. The van der Waals surface area contributed by atoms with Crippen molar-refractivity contribution < 1.29 is 9.72 Å². The van der Waals surface area contributed by atoms with E-state index in [4.69, 9.17) is 5.26 Å². The van der Waals surface area contributed by atoms with Gasteiger partial charge in [-0.3, -0.25) is 14.9 Å². The molecule has 0 amide bonds. The highest BCUT2D eigenvalue weighted by molar-refractivity contribution is 5.79. The molecule has 1 aliphatic heterocycles. The molecule has 1 atom stereocenters. The summed E-state index contributed by atoms with van der Waals surface area (Å²) in [5, 5.41) is 19.9. The lowest BCUT2D eigenvalue weighted by molar-refractivity contribution is -0.384. The molecular formula is C13H14N4O3. The molecule has 1 aromatic heterocycles. The molecule has 104 valence electrons. The van der Waals surface area contributed by atoms with Gasteiger partial charge in [0.25, 0.3) is 0 Å². The average molecular weight is 274 g/mol. The highest BCUT2D eigenvalue weighted by Gasteiger charge is 2.28. The van der Waals surface area contributed by atoms with Crippen LogP contribution in [0.2, 0.25) is 0 Å². The van der Waals surface area contributed by atoms with Crippen molar-refractivity contribution in [3.8, 4) is 6.07 Å². The van der Waals surface area contributed by atoms with Crippen LogP contribution in [0.4, 0.5) is 11.5 Å². The quantitative estimate of drug-likeness (QED) is 0.614. The maximum atomic E-state index is 11.5. The summed E-state index contributed by atoms with van der Waals surface area (Å²) >= 11 is 0. The molecule has 1 aromatic rings.